The minimum Gasteiger partial charge on any atom is -0.337 e. The lowest BCUT2D eigenvalue weighted by atomic mass is 10.0. The van der Waals surface area contributed by atoms with E-state index in [9.17, 15) is 0 Å². The first-order valence-corrected chi connectivity index (χ1v) is 7.34. The van der Waals surface area contributed by atoms with Gasteiger partial charge >= 0.3 is 0 Å². The monoisotopic (exact) mass is 271 g/mol. The van der Waals surface area contributed by atoms with Crippen LogP contribution in [0.3, 0.4) is 0 Å². The van der Waals surface area contributed by atoms with E-state index in [1.54, 1.807) is 0 Å². The van der Waals surface area contributed by atoms with E-state index in [1.807, 2.05) is 6.08 Å². The van der Waals surface area contributed by atoms with Gasteiger partial charge in [-0.05, 0) is 34.4 Å². The SMILES string of the molecule is C=CC1C=CC=CN1c1cccc2c1Cc1ccccc1-2. The second-order valence-electron chi connectivity index (χ2n) is 5.50. The van der Waals surface area contributed by atoms with Crippen LogP contribution in [0.2, 0.25) is 0 Å². The molecule has 1 heteroatoms. The Kier molecular flexibility index (Phi) is 2.78. The summed E-state index contributed by atoms with van der Waals surface area (Å²) in [4.78, 5) is 2.30. The Bertz CT molecular complexity index is 767. The smallest absolute Gasteiger partial charge is 0.0700 e. The number of fused-ring (bicyclic) bond motifs is 3. The molecule has 1 nitrogen and oxygen atoms in total. The average Bonchev–Trinajstić information content (AvgIpc) is 2.93. The molecule has 2 aromatic rings. The second-order valence-corrected chi connectivity index (χ2v) is 5.50. The molecule has 0 spiro atoms. The Hall–Kier alpha value is -2.54. The van der Waals surface area contributed by atoms with E-state index < -0.39 is 0 Å². The third-order valence-electron chi connectivity index (χ3n) is 4.33. The molecule has 102 valence electrons. The molecular weight excluding hydrogens is 254 g/mol. The minimum absolute atomic E-state index is 0.227. The van der Waals surface area contributed by atoms with Gasteiger partial charge in [-0.2, -0.15) is 0 Å². The van der Waals surface area contributed by atoms with Crippen LogP contribution in [-0.4, -0.2) is 6.04 Å². The van der Waals surface area contributed by atoms with Crippen LogP contribution in [0.1, 0.15) is 11.1 Å². The van der Waals surface area contributed by atoms with Gasteiger partial charge in [0.15, 0.2) is 0 Å². The van der Waals surface area contributed by atoms with Gasteiger partial charge in [-0.25, -0.2) is 0 Å². The van der Waals surface area contributed by atoms with E-state index in [-0.39, 0.29) is 6.04 Å². The van der Waals surface area contributed by atoms with Crippen LogP contribution in [0, 0.1) is 0 Å². The van der Waals surface area contributed by atoms with Crippen LogP contribution in [0.4, 0.5) is 5.69 Å². The number of hydrogen-bond acceptors (Lipinski definition) is 1. The highest BCUT2D eigenvalue weighted by molar-refractivity contribution is 5.83. The zero-order valence-electron chi connectivity index (χ0n) is 11.9. The summed E-state index contributed by atoms with van der Waals surface area (Å²) in [5, 5.41) is 0. The van der Waals surface area contributed by atoms with Crippen molar-refractivity contribution in [3.63, 3.8) is 0 Å². The second kappa shape index (κ2) is 4.78. The van der Waals surface area contributed by atoms with Gasteiger partial charge in [0.25, 0.3) is 0 Å². The molecule has 0 saturated heterocycles. The van der Waals surface area contributed by atoms with Crippen molar-refractivity contribution in [2.24, 2.45) is 0 Å². The summed E-state index contributed by atoms with van der Waals surface area (Å²) in [7, 11) is 0. The number of nitrogens with zero attached hydrogens (tertiary/aromatic N) is 1. The van der Waals surface area contributed by atoms with Crippen molar-refractivity contribution in [1.29, 1.82) is 0 Å². The predicted molar refractivity (Wildman–Crippen MR) is 89.4 cm³/mol. The largest absolute Gasteiger partial charge is 0.337 e. The zero-order valence-corrected chi connectivity index (χ0v) is 11.9. The Morgan fingerprint density at radius 3 is 2.76 bits per heavy atom. The molecule has 0 radical (unpaired) electrons. The summed E-state index contributed by atoms with van der Waals surface area (Å²) in [6, 6.07) is 15.5. The molecule has 0 saturated carbocycles. The predicted octanol–water partition coefficient (Wildman–Crippen LogP) is 4.70. The highest BCUT2D eigenvalue weighted by atomic mass is 15.1. The first kappa shape index (κ1) is 12.2. The Morgan fingerprint density at radius 1 is 1.00 bits per heavy atom. The molecule has 2 aromatic carbocycles. The van der Waals surface area contributed by atoms with E-state index in [4.69, 9.17) is 0 Å². The fourth-order valence-electron chi connectivity index (χ4n) is 3.33. The van der Waals surface area contributed by atoms with Gasteiger partial charge in [-0.15, -0.1) is 6.58 Å². The van der Waals surface area contributed by atoms with E-state index in [0.29, 0.717) is 0 Å². The minimum atomic E-state index is 0.227. The highest BCUT2D eigenvalue weighted by Crippen LogP contribution is 2.42. The number of anilines is 1. The number of benzene rings is 2. The van der Waals surface area contributed by atoms with Gasteiger partial charge in [0.2, 0.25) is 0 Å². The topological polar surface area (TPSA) is 3.24 Å². The summed E-state index contributed by atoms with van der Waals surface area (Å²) in [5.41, 5.74) is 6.88. The van der Waals surface area contributed by atoms with Crippen LogP contribution in [-0.2, 0) is 6.42 Å². The molecule has 1 atom stereocenters. The molecule has 21 heavy (non-hydrogen) atoms. The van der Waals surface area contributed by atoms with Gasteiger partial charge in [0.05, 0.1) is 6.04 Å². The van der Waals surface area contributed by atoms with E-state index in [2.05, 4.69) is 78.4 Å². The third-order valence-corrected chi connectivity index (χ3v) is 4.33. The first-order valence-electron chi connectivity index (χ1n) is 7.34. The first-order chi connectivity index (χ1) is 10.4. The van der Waals surface area contributed by atoms with Crippen LogP contribution in [0.15, 0.2) is 79.5 Å². The summed E-state index contributed by atoms with van der Waals surface area (Å²) in [6.45, 7) is 3.97. The standard InChI is InChI=1S/C20H17N/c1-2-16-9-5-6-13-21(16)20-12-7-11-18-17-10-4-3-8-15(17)14-19(18)20/h2-13,16H,1,14H2. The maximum absolute atomic E-state index is 3.97. The van der Waals surface area contributed by atoms with Crippen molar-refractivity contribution in [3.8, 4) is 11.1 Å². The van der Waals surface area contributed by atoms with E-state index in [0.717, 1.165) is 6.42 Å². The maximum Gasteiger partial charge on any atom is 0.0700 e. The number of rotatable bonds is 2. The number of hydrogen-bond donors (Lipinski definition) is 0. The van der Waals surface area contributed by atoms with E-state index in [1.165, 1.54) is 27.9 Å². The van der Waals surface area contributed by atoms with Crippen LogP contribution in [0.25, 0.3) is 11.1 Å². The van der Waals surface area contributed by atoms with Gasteiger partial charge < -0.3 is 4.90 Å². The molecule has 2 aliphatic rings. The molecular formula is C20H17N. The van der Waals surface area contributed by atoms with Crippen molar-refractivity contribution in [3.05, 3.63) is 90.7 Å². The summed E-state index contributed by atoms with van der Waals surface area (Å²) in [5.74, 6) is 0. The fourth-order valence-corrected chi connectivity index (χ4v) is 3.33. The summed E-state index contributed by atoms with van der Waals surface area (Å²) in [6.07, 6.45) is 11.5. The molecule has 1 aliphatic carbocycles. The van der Waals surface area contributed by atoms with Crippen molar-refractivity contribution in [2.75, 3.05) is 4.90 Å². The van der Waals surface area contributed by atoms with Gasteiger partial charge in [-0.3, -0.25) is 0 Å². The molecule has 0 fully saturated rings. The summed E-state index contributed by atoms with van der Waals surface area (Å²) >= 11 is 0. The average molecular weight is 271 g/mol. The Balaban J connectivity index is 1.85. The van der Waals surface area contributed by atoms with Crippen LogP contribution < -0.4 is 4.90 Å². The third kappa shape index (κ3) is 1.85. The molecule has 1 unspecified atom stereocenters. The molecule has 0 N–H and O–H groups in total. The van der Waals surface area contributed by atoms with Crippen molar-refractivity contribution in [1.82, 2.24) is 0 Å². The summed E-state index contributed by atoms with van der Waals surface area (Å²) < 4.78 is 0. The quantitative estimate of drug-likeness (QED) is 0.610. The number of allylic oxidation sites excluding steroid dienone is 2. The Labute approximate surface area is 125 Å². The van der Waals surface area contributed by atoms with Crippen molar-refractivity contribution < 1.29 is 0 Å². The van der Waals surface area contributed by atoms with Gasteiger partial charge in [0.1, 0.15) is 0 Å². The highest BCUT2D eigenvalue weighted by Gasteiger charge is 2.24. The van der Waals surface area contributed by atoms with Crippen LogP contribution >= 0.6 is 0 Å². The molecule has 4 rings (SSSR count). The maximum atomic E-state index is 3.97. The molecule has 0 aromatic heterocycles. The lowest BCUT2D eigenvalue weighted by molar-refractivity contribution is 0.918. The van der Waals surface area contributed by atoms with E-state index >= 15 is 0 Å². The van der Waals surface area contributed by atoms with Crippen LogP contribution in [0.5, 0.6) is 0 Å². The molecule has 1 aliphatic heterocycles. The lowest BCUT2D eigenvalue weighted by Gasteiger charge is -2.30. The Morgan fingerprint density at radius 2 is 1.86 bits per heavy atom. The van der Waals surface area contributed by atoms with Crippen molar-refractivity contribution >= 4 is 5.69 Å². The lowest BCUT2D eigenvalue weighted by Crippen LogP contribution is -2.29. The van der Waals surface area contributed by atoms with Gasteiger partial charge in [0, 0.05) is 18.3 Å². The fraction of sp³-hybridized carbons (Fsp3) is 0.100. The molecule has 0 amide bonds. The zero-order chi connectivity index (χ0) is 14.2. The molecule has 1 heterocycles. The molecule has 0 bridgehead atoms. The van der Waals surface area contributed by atoms with Gasteiger partial charge in [-0.1, -0.05) is 54.6 Å². The van der Waals surface area contributed by atoms with Crippen molar-refractivity contribution in [2.45, 2.75) is 12.5 Å². The normalized spacial score (nSPS) is 18.5.